The highest BCUT2D eigenvalue weighted by Crippen LogP contribution is 2.35. The molecule has 0 spiro atoms. The molecule has 4 rings (SSSR count). The summed E-state index contributed by atoms with van der Waals surface area (Å²) in [6, 6.07) is 4.80. The first-order chi connectivity index (χ1) is 12.9. The lowest BCUT2D eigenvalue weighted by Gasteiger charge is -2.18. The van der Waals surface area contributed by atoms with Gasteiger partial charge in [0, 0.05) is 10.6 Å². The van der Waals surface area contributed by atoms with Crippen LogP contribution in [-0.4, -0.2) is 15.5 Å². The van der Waals surface area contributed by atoms with Gasteiger partial charge < -0.3 is 5.32 Å². The van der Waals surface area contributed by atoms with Crippen molar-refractivity contribution in [2.45, 2.75) is 39.2 Å². The molecule has 2 aromatic heterocycles. The molecule has 0 saturated carbocycles. The standard InChI is InChI=1S/C20H20FN3O2S/c1-11-3-8-15-16(9-11)27-19-17(15)20(26)24(10-22-19)12(2)18(25)23-14-6-4-13(21)5-7-14/h4-7,10-12H,3,8-9H2,1-2H3,(H,23,25)/t11-,12-/m0/s1. The van der Waals surface area contributed by atoms with Crippen molar-refractivity contribution in [2.75, 3.05) is 5.32 Å². The number of hydrogen-bond acceptors (Lipinski definition) is 4. The summed E-state index contributed by atoms with van der Waals surface area (Å²) in [6.45, 7) is 3.88. The van der Waals surface area contributed by atoms with Crippen LogP contribution >= 0.6 is 11.3 Å². The zero-order chi connectivity index (χ0) is 19.1. The van der Waals surface area contributed by atoms with Gasteiger partial charge in [0.25, 0.3) is 5.56 Å². The van der Waals surface area contributed by atoms with Crippen LogP contribution in [0.4, 0.5) is 10.1 Å². The molecular weight excluding hydrogens is 365 g/mol. The molecule has 1 aliphatic rings. The van der Waals surface area contributed by atoms with Crippen molar-refractivity contribution in [1.29, 1.82) is 0 Å². The van der Waals surface area contributed by atoms with Gasteiger partial charge in [0.1, 0.15) is 16.7 Å². The zero-order valence-corrected chi connectivity index (χ0v) is 16.0. The molecule has 5 nitrogen and oxygen atoms in total. The van der Waals surface area contributed by atoms with E-state index in [1.165, 1.54) is 40.0 Å². The largest absolute Gasteiger partial charge is 0.324 e. The second-order valence-electron chi connectivity index (χ2n) is 7.16. The molecule has 3 aromatic rings. The molecule has 1 N–H and O–H groups in total. The summed E-state index contributed by atoms with van der Waals surface area (Å²) in [5.74, 6) is -0.0979. The molecule has 1 amide bonds. The van der Waals surface area contributed by atoms with E-state index < -0.39 is 6.04 Å². The minimum atomic E-state index is -0.725. The SMILES string of the molecule is C[C@H]1CCc2c(sc3ncn([C@@H](C)C(=O)Nc4ccc(F)cc4)c(=O)c23)C1. The average molecular weight is 385 g/mol. The first kappa shape index (κ1) is 17.9. The van der Waals surface area contributed by atoms with Gasteiger partial charge >= 0.3 is 0 Å². The van der Waals surface area contributed by atoms with E-state index in [4.69, 9.17) is 0 Å². The van der Waals surface area contributed by atoms with E-state index in [-0.39, 0.29) is 17.3 Å². The van der Waals surface area contributed by atoms with Crippen LogP contribution in [0.15, 0.2) is 35.4 Å². The molecule has 7 heteroatoms. The number of hydrogen-bond donors (Lipinski definition) is 1. The fraction of sp³-hybridized carbons (Fsp3) is 0.350. The van der Waals surface area contributed by atoms with Crippen molar-refractivity contribution in [3.8, 4) is 0 Å². The zero-order valence-electron chi connectivity index (χ0n) is 15.2. The van der Waals surface area contributed by atoms with Gasteiger partial charge in [-0.25, -0.2) is 9.37 Å². The van der Waals surface area contributed by atoms with Crippen LogP contribution in [0.2, 0.25) is 0 Å². The molecule has 140 valence electrons. The molecule has 0 bridgehead atoms. The van der Waals surface area contributed by atoms with E-state index >= 15 is 0 Å². The Morgan fingerprint density at radius 2 is 2.11 bits per heavy atom. The maximum Gasteiger partial charge on any atom is 0.263 e. The Bertz CT molecular complexity index is 1070. The van der Waals surface area contributed by atoms with E-state index in [0.717, 1.165) is 29.7 Å². The predicted octanol–water partition coefficient (Wildman–Crippen LogP) is 3.92. The topological polar surface area (TPSA) is 64.0 Å². The molecule has 27 heavy (non-hydrogen) atoms. The van der Waals surface area contributed by atoms with Gasteiger partial charge in [-0.15, -0.1) is 11.3 Å². The number of aryl methyl sites for hydroxylation is 1. The monoisotopic (exact) mass is 385 g/mol. The Morgan fingerprint density at radius 3 is 2.85 bits per heavy atom. The van der Waals surface area contributed by atoms with E-state index in [9.17, 15) is 14.0 Å². The number of thiophene rings is 1. The molecule has 0 saturated heterocycles. The molecule has 1 aliphatic carbocycles. The molecule has 2 heterocycles. The minimum absolute atomic E-state index is 0.172. The van der Waals surface area contributed by atoms with Crippen LogP contribution in [-0.2, 0) is 17.6 Å². The number of anilines is 1. The molecule has 0 fully saturated rings. The van der Waals surface area contributed by atoms with Crippen molar-refractivity contribution in [3.63, 3.8) is 0 Å². The smallest absolute Gasteiger partial charge is 0.263 e. The molecule has 1 aromatic carbocycles. The van der Waals surface area contributed by atoms with Gasteiger partial charge in [0.2, 0.25) is 5.91 Å². The second-order valence-corrected chi connectivity index (χ2v) is 8.24. The van der Waals surface area contributed by atoms with Crippen LogP contribution in [0.25, 0.3) is 10.2 Å². The van der Waals surface area contributed by atoms with Crippen LogP contribution < -0.4 is 10.9 Å². The van der Waals surface area contributed by atoms with Gasteiger partial charge in [-0.2, -0.15) is 0 Å². The maximum atomic E-state index is 13.1. The van der Waals surface area contributed by atoms with Gasteiger partial charge in [-0.05, 0) is 61.9 Å². The highest BCUT2D eigenvalue weighted by atomic mass is 32.1. The number of carbonyl (C=O) groups excluding carboxylic acids is 1. The maximum absolute atomic E-state index is 13.1. The third-order valence-corrected chi connectivity index (χ3v) is 6.31. The van der Waals surface area contributed by atoms with Crippen LogP contribution in [0.3, 0.4) is 0 Å². The summed E-state index contributed by atoms with van der Waals surface area (Å²) in [6.07, 6.45) is 4.38. The summed E-state index contributed by atoms with van der Waals surface area (Å²) in [5.41, 5.74) is 1.41. The second kappa shape index (κ2) is 6.88. The first-order valence-corrected chi connectivity index (χ1v) is 9.83. The quantitative estimate of drug-likeness (QED) is 0.743. The summed E-state index contributed by atoms with van der Waals surface area (Å²) in [7, 11) is 0. The third kappa shape index (κ3) is 3.27. The molecule has 0 aliphatic heterocycles. The van der Waals surface area contributed by atoms with Gasteiger partial charge in [-0.3, -0.25) is 14.2 Å². The first-order valence-electron chi connectivity index (χ1n) is 9.02. The van der Waals surface area contributed by atoms with Crippen molar-refractivity contribution in [1.82, 2.24) is 9.55 Å². The summed E-state index contributed by atoms with van der Waals surface area (Å²) in [5, 5.41) is 3.37. The Morgan fingerprint density at radius 1 is 1.37 bits per heavy atom. The van der Waals surface area contributed by atoms with E-state index in [1.54, 1.807) is 18.3 Å². The minimum Gasteiger partial charge on any atom is -0.324 e. The van der Waals surface area contributed by atoms with Crippen molar-refractivity contribution in [2.24, 2.45) is 5.92 Å². The molecule has 2 atom stereocenters. The van der Waals surface area contributed by atoms with Gasteiger partial charge in [0.15, 0.2) is 0 Å². The predicted molar refractivity (Wildman–Crippen MR) is 105 cm³/mol. The van der Waals surface area contributed by atoms with Crippen molar-refractivity contribution < 1.29 is 9.18 Å². The Labute approximate surface area is 159 Å². The lowest BCUT2D eigenvalue weighted by Crippen LogP contribution is -2.32. The number of fused-ring (bicyclic) bond motifs is 3. The number of benzene rings is 1. The molecular formula is C20H20FN3O2S. The number of nitrogens with zero attached hydrogens (tertiary/aromatic N) is 2. The normalized spacial score (nSPS) is 17.5. The third-order valence-electron chi connectivity index (χ3n) is 5.15. The lowest BCUT2D eigenvalue weighted by molar-refractivity contribution is -0.118. The fourth-order valence-electron chi connectivity index (χ4n) is 3.53. The highest BCUT2D eigenvalue weighted by Gasteiger charge is 2.25. The Hall–Kier alpha value is -2.54. The Balaban J connectivity index is 1.66. The molecule has 0 unspecified atom stereocenters. The summed E-state index contributed by atoms with van der Waals surface area (Å²) in [4.78, 5) is 32.1. The summed E-state index contributed by atoms with van der Waals surface area (Å²) < 4.78 is 14.4. The van der Waals surface area contributed by atoms with Gasteiger partial charge in [-0.1, -0.05) is 6.92 Å². The van der Waals surface area contributed by atoms with Crippen LogP contribution in [0.5, 0.6) is 0 Å². The average Bonchev–Trinajstić information content (AvgIpc) is 3.01. The van der Waals surface area contributed by atoms with Crippen LogP contribution in [0, 0.1) is 11.7 Å². The van der Waals surface area contributed by atoms with E-state index in [2.05, 4.69) is 17.2 Å². The molecule has 0 radical (unpaired) electrons. The Kier molecular flexibility index (Phi) is 4.55. The number of halogens is 1. The van der Waals surface area contributed by atoms with Gasteiger partial charge in [0.05, 0.1) is 11.7 Å². The number of aromatic nitrogens is 2. The number of carbonyl (C=O) groups is 1. The highest BCUT2D eigenvalue weighted by molar-refractivity contribution is 7.18. The number of rotatable bonds is 3. The lowest BCUT2D eigenvalue weighted by atomic mass is 9.89. The number of amides is 1. The van der Waals surface area contributed by atoms with Crippen molar-refractivity contribution >= 4 is 33.1 Å². The van der Waals surface area contributed by atoms with Crippen LogP contribution in [0.1, 0.15) is 36.8 Å². The van der Waals surface area contributed by atoms with E-state index in [0.29, 0.717) is 17.0 Å². The van der Waals surface area contributed by atoms with Crippen molar-refractivity contribution in [3.05, 3.63) is 57.2 Å². The number of nitrogens with one attached hydrogen (secondary N) is 1. The fourth-order valence-corrected chi connectivity index (χ4v) is 4.87. The van der Waals surface area contributed by atoms with E-state index in [1.807, 2.05) is 0 Å². The summed E-state index contributed by atoms with van der Waals surface area (Å²) >= 11 is 1.59.